The third-order valence-corrected chi connectivity index (χ3v) is 3.78. The first-order valence-corrected chi connectivity index (χ1v) is 7.02. The monoisotopic (exact) mass is 278 g/mol. The predicted molar refractivity (Wildman–Crippen MR) is 78.2 cm³/mol. The molecule has 0 fully saturated rings. The molecule has 5 heteroatoms. The number of aliphatic imine (C=N–C) groups is 2. The van der Waals surface area contributed by atoms with E-state index in [1.54, 1.807) is 20.3 Å². The van der Waals surface area contributed by atoms with Crippen molar-refractivity contribution in [3.8, 4) is 0 Å². The van der Waals surface area contributed by atoms with Crippen LogP contribution in [-0.4, -0.2) is 43.4 Å². The lowest BCUT2D eigenvalue weighted by Gasteiger charge is -2.34. The minimum Gasteiger partial charge on any atom is -0.483 e. The molecule has 0 saturated carbocycles. The van der Waals surface area contributed by atoms with Crippen molar-refractivity contribution in [2.24, 2.45) is 15.9 Å². The van der Waals surface area contributed by atoms with Gasteiger partial charge >= 0.3 is 0 Å². The topological polar surface area (TPSA) is 60.2 Å². The summed E-state index contributed by atoms with van der Waals surface area (Å²) in [6.45, 7) is 4.09. The van der Waals surface area contributed by atoms with Gasteiger partial charge in [0.15, 0.2) is 5.78 Å². The highest BCUT2D eigenvalue weighted by Gasteiger charge is 2.48. The number of allylic oxidation sites excluding steroid dienone is 1. The predicted octanol–water partition coefficient (Wildman–Crippen LogP) is 2.16. The molecule has 0 aromatic heterocycles. The number of ketones is 1. The van der Waals surface area contributed by atoms with Crippen molar-refractivity contribution in [3.63, 3.8) is 0 Å². The molecule has 2 atom stereocenters. The zero-order valence-electron chi connectivity index (χ0n) is 12.5. The number of carbonyl (C=O) groups is 1. The van der Waals surface area contributed by atoms with Crippen molar-refractivity contribution in [2.45, 2.75) is 44.7 Å². The van der Waals surface area contributed by atoms with Gasteiger partial charge in [-0.3, -0.25) is 4.79 Å². The van der Waals surface area contributed by atoms with Crippen LogP contribution in [0.4, 0.5) is 0 Å². The minimum absolute atomic E-state index is 0.0765. The second-order valence-corrected chi connectivity index (χ2v) is 5.50. The zero-order chi connectivity index (χ0) is 14.8. The van der Waals surface area contributed by atoms with E-state index in [4.69, 9.17) is 9.47 Å². The molecule has 0 aromatic carbocycles. The van der Waals surface area contributed by atoms with Crippen LogP contribution >= 0.6 is 0 Å². The van der Waals surface area contributed by atoms with Gasteiger partial charge < -0.3 is 9.47 Å². The fraction of sp³-hybridized carbons (Fsp3) is 0.667. The van der Waals surface area contributed by atoms with Crippen molar-refractivity contribution in [1.29, 1.82) is 0 Å². The SMILES string of the molecule is COC1=N[C@]2(CCCC=CC2=O)C(OC)=N[C@@H]1C(C)C. The molecule has 5 nitrogen and oxygen atoms in total. The smallest absolute Gasteiger partial charge is 0.220 e. The highest BCUT2D eigenvalue weighted by molar-refractivity contribution is 6.18. The molecule has 0 unspecified atom stereocenters. The Morgan fingerprint density at radius 3 is 2.70 bits per heavy atom. The lowest BCUT2D eigenvalue weighted by molar-refractivity contribution is -0.117. The van der Waals surface area contributed by atoms with Gasteiger partial charge in [0.25, 0.3) is 0 Å². The lowest BCUT2D eigenvalue weighted by atomic mass is 9.87. The Bertz CT molecular complexity index is 480. The van der Waals surface area contributed by atoms with Gasteiger partial charge in [-0.1, -0.05) is 19.9 Å². The van der Waals surface area contributed by atoms with E-state index in [2.05, 4.69) is 9.98 Å². The van der Waals surface area contributed by atoms with Crippen molar-refractivity contribution < 1.29 is 14.3 Å². The summed E-state index contributed by atoms with van der Waals surface area (Å²) in [4.78, 5) is 21.7. The molecule has 110 valence electrons. The molecule has 1 spiro atoms. The number of ether oxygens (including phenoxy) is 2. The normalized spacial score (nSPS) is 30.1. The third-order valence-electron chi connectivity index (χ3n) is 3.78. The van der Waals surface area contributed by atoms with Gasteiger partial charge in [0.1, 0.15) is 6.04 Å². The Labute approximate surface area is 119 Å². The Hall–Kier alpha value is -1.65. The molecule has 20 heavy (non-hydrogen) atoms. The number of hydrogen-bond donors (Lipinski definition) is 0. The Balaban J connectivity index is 2.51. The summed E-state index contributed by atoms with van der Waals surface area (Å²) in [5, 5.41) is 0. The van der Waals surface area contributed by atoms with Crippen molar-refractivity contribution in [2.75, 3.05) is 14.2 Å². The first kappa shape index (κ1) is 14.8. The lowest BCUT2D eigenvalue weighted by Crippen LogP contribution is -2.51. The average Bonchev–Trinajstić information content (AvgIpc) is 2.61. The Morgan fingerprint density at radius 1 is 1.35 bits per heavy atom. The third kappa shape index (κ3) is 2.37. The number of methoxy groups -OCH3 is 2. The highest BCUT2D eigenvalue weighted by atomic mass is 16.5. The highest BCUT2D eigenvalue weighted by Crippen LogP contribution is 2.32. The van der Waals surface area contributed by atoms with E-state index in [1.165, 1.54) is 0 Å². The van der Waals surface area contributed by atoms with Crippen LogP contribution in [0, 0.1) is 5.92 Å². The molecule has 0 N–H and O–H groups in total. The van der Waals surface area contributed by atoms with E-state index in [0.717, 1.165) is 12.8 Å². The summed E-state index contributed by atoms with van der Waals surface area (Å²) in [5.74, 6) is 1.08. The first-order chi connectivity index (χ1) is 9.55. The quantitative estimate of drug-likeness (QED) is 0.738. The van der Waals surface area contributed by atoms with E-state index in [-0.39, 0.29) is 17.7 Å². The minimum atomic E-state index is -1.03. The van der Waals surface area contributed by atoms with Gasteiger partial charge in [-0.05, 0) is 31.3 Å². The number of rotatable bonds is 1. The second-order valence-electron chi connectivity index (χ2n) is 5.50. The van der Waals surface area contributed by atoms with Gasteiger partial charge in [0, 0.05) is 0 Å². The van der Waals surface area contributed by atoms with Crippen LogP contribution in [0.15, 0.2) is 22.1 Å². The molecule has 0 aromatic rings. The van der Waals surface area contributed by atoms with Gasteiger partial charge in [0.05, 0.1) is 14.2 Å². The summed E-state index contributed by atoms with van der Waals surface area (Å²) >= 11 is 0. The fourth-order valence-corrected chi connectivity index (χ4v) is 2.66. The molecule has 1 aliphatic heterocycles. The Kier molecular flexibility index (Phi) is 4.26. The fourth-order valence-electron chi connectivity index (χ4n) is 2.66. The summed E-state index contributed by atoms with van der Waals surface area (Å²) in [6.07, 6.45) is 5.82. The van der Waals surface area contributed by atoms with Gasteiger partial charge in [0.2, 0.25) is 17.3 Å². The molecule has 2 aliphatic rings. The summed E-state index contributed by atoms with van der Waals surface area (Å²) in [5.41, 5.74) is -1.03. The molecular formula is C15H22N2O3. The maximum atomic E-state index is 12.5. The zero-order valence-corrected chi connectivity index (χ0v) is 12.5. The van der Waals surface area contributed by atoms with Crippen LogP contribution in [0.3, 0.4) is 0 Å². The average molecular weight is 278 g/mol. The molecular weight excluding hydrogens is 256 g/mol. The van der Waals surface area contributed by atoms with E-state index >= 15 is 0 Å². The van der Waals surface area contributed by atoms with E-state index < -0.39 is 5.54 Å². The molecule has 0 amide bonds. The summed E-state index contributed by atoms with van der Waals surface area (Å²) < 4.78 is 10.8. The van der Waals surface area contributed by atoms with Gasteiger partial charge in [-0.2, -0.15) is 0 Å². The van der Waals surface area contributed by atoms with E-state index in [9.17, 15) is 4.79 Å². The molecule has 0 bridgehead atoms. The maximum Gasteiger partial charge on any atom is 0.220 e. The standard InChI is InChI=1S/C15H22N2O3/c1-10(2)12-13(19-3)17-15(14(16-12)20-4)9-7-5-6-8-11(15)18/h6,8,10,12H,5,7,9H2,1-4H3/t12-,15+/m1/s1. The maximum absolute atomic E-state index is 12.5. The van der Waals surface area contributed by atoms with Crippen LogP contribution in [0.2, 0.25) is 0 Å². The number of carbonyl (C=O) groups excluding carboxylic acids is 1. The van der Waals surface area contributed by atoms with Crippen LogP contribution in [0.1, 0.15) is 33.1 Å². The molecule has 0 saturated heterocycles. The van der Waals surface area contributed by atoms with E-state index in [1.807, 2.05) is 19.9 Å². The van der Waals surface area contributed by atoms with Crippen LogP contribution < -0.4 is 0 Å². The molecule has 0 radical (unpaired) electrons. The summed E-state index contributed by atoms with van der Waals surface area (Å²) in [6, 6.07) is -0.194. The van der Waals surface area contributed by atoms with Crippen LogP contribution in [0.25, 0.3) is 0 Å². The molecule has 2 rings (SSSR count). The molecule has 1 aliphatic carbocycles. The van der Waals surface area contributed by atoms with Crippen LogP contribution in [0.5, 0.6) is 0 Å². The number of hydrogen-bond acceptors (Lipinski definition) is 5. The van der Waals surface area contributed by atoms with E-state index in [0.29, 0.717) is 18.2 Å². The second kappa shape index (κ2) is 5.77. The Morgan fingerprint density at radius 2 is 2.10 bits per heavy atom. The summed E-state index contributed by atoms with van der Waals surface area (Å²) in [7, 11) is 3.12. The van der Waals surface area contributed by atoms with Crippen molar-refractivity contribution in [1.82, 2.24) is 0 Å². The van der Waals surface area contributed by atoms with Gasteiger partial charge in [-0.25, -0.2) is 9.98 Å². The molecule has 1 heterocycles. The van der Waals surface area contributed by atoms with Crippen LogP contribution in [-0.2, 0) is 14.3 Å². The van der Waals surface area contributed by atoms with Gasteiger partial charge in [-0.15, -0.1) is 0 Å². The largest absolute Gasteiger partial charge is 0.483 e. The van der Waals surface area contributed by atoms with Crippen molar-refractivity contribution >= 4 is 17.6 Å². The van der Waals surface area contributed by atoms with Crippen molar-refractivity contribution in [3.05, 3.63) is 12.2 Å². The number of nitrogens with zero attached hydrogens (tertiary/aromatic N) is 2. The first-order valence-electron chi connectivity index (χ1n) is 7.02.